The van der Waals surface area contributed by atoms with Gasteiger partial charge in [-0.1, -0.05) is 41.9 Å². The molecule has 12 heteroatoms. The van der Waals surface area contributed by atoms with E-state index >= 15 is 0 Å². The number of carbonyl (C=O) groups excluding carboxylic acids is 3. The minimum atomic E-state index is -3.59. The van der Waals surface area contributed by atoms with E-state index in [1.807, 2.05) is 0 Å². The Morgan fingerprint density at radius 1 is 1.08 bits per heavy atom. The van der Waals surface area contributed by atoms with Gasteiger partial charge in [0.05, 0.1) is 23.0 Å². The molecule has 2 saturated heterocycles. The number of morpholine rings is 1. The zero-order valence-electron chi connectivity index (χ0n) is 19.6. The number of hydrogen-bond donors (Lipinski definition) is 1. The normalized spacial score (nSPS) is 18.2. The molecule has 2 aromatic carbocycles. The lowest BCUT2D eigenvalue weighted by Crippen LogP contribution is -2.40. The number of benzene rings is 2. The first-order chi connectivity index (χ1) is 17.8. The maximum atomic E-state index is 12.7. The number of nitrogens with one attached hydrogen (secondary N) is 1. The molecular weight excluding hydrogens is 538 g/mol. The van der Waals surface area contributed by atoms with Crippen LogP contribution in [-0.4, -0.2) is 74.1 Å². The fraction of sp³-hybridized carbons (Fsp3) is 0.240. The smallest absolute Gasteiger partial charge is 0.293 e. The number of imide groups is 1. The molecule has 0 aliphatic carbocycles. The molecule has 0 saturated carbocycles. The van der Waals surface area contributed by atoms with Crippen molar-refractivity contribution in [2.24, 2.45) is 0 Å². The molecule has 0 aromatic heterocycles. The number of nitrogens with zero attached hydrogens (tertiary/aromatic N) is 2. The number of hydrogen-bond acceptors (Lipinski definition) is 7. The first kappa shape index (κ1) is 27.1. The number of amides is 3. The third-order valence-corrected chi connectivity index (χ3v) is 8.78. The summed E-state index contributed by atoms with van der Waals surface area (Å²) in [4.78, 5) is 38.6. The molecule has 2 fully saturated rings. The van der Waals surface area contributed by atoms with Crippen LogP contribution >= 0.6 is 23.4 Å². The van der Waals surface area contributed by atoms with Gasteiger partial charge in [-0.2, -0.15) is 4.31 Å². The predicted octanol–water partition coefficient (Wildman–Crippen LogP) is 3.23. The highest BCUT2D eigenvalue weighted by molar-refractivity contribution is 8.18. The summed E-state index contributed by atoms with van der Waals surface area (Å²) < 4.78 is 32.0. The van der Waals surface area contributed by atoms with Gasteiger partial charge in [0.1, 0.15) is 0 Å². The predicted molar refractivity (Wildman–Crippen MR) is 142 cm³/mol. The molecule has 1 N–H and O–H groups in total. The molecule has 37 heavy (non-hydrogen) atoms. The van der Waals surface area contributed by atoms with E-state index in [0.29, 0.717) is 42.5 Å². The summed E-state index contributed by atoms with van der Waals surface area (Å²) in [5.41, 5.74) is 1.28. The molecule has 2 heterocycles. The van der Waals surface area contributed by atoms with Gasteiger partial charge in [-0.05, 0) is 53.2 Å². The first-order valence-electron chi connectivity index (χ1n) is 11.4. The van der Waals surface area contributed by atoms with E-state index < -0.39 is 27.1 Å². The fourth-order valence-corrected chi connectivity index (χ4v) is 6.09. The molecule has 9 nitrogen and oxygen atoms in total. The van der Waals surface area contributed by atoms with Crippen molar-refractivity contribution in [1.29, 1.82) is 0 Å². The minimum absolute atomic E-state index is 0.0260. The number of sulfonamides is 1. The molecule has 0 unspecified atom stereocenters. The SMILES string of the molecule is O=C(/C=C/c1ccc(S(=O)(=O)N2CCOCC2)cc1)NCCN1C(=O)S/C(=C/c2ccccc2Cl)C1=O. The Morgan fingerprint density at radius 3 is 2.49 bits per heavy atom. The van der Waals surface area contributed by atoms with E-state index in [1.54, 1.807) is 48.6 Å². The first-order valence-corrected chi connectivity index (χ1v) is 14.0. The summed E-state index contributed by atoms with van der Waals surface area (Å²) in [6.45, 7) is 1.48. The molecule has 4 rings (SSSR count). The van der Waals surface area contributed by atoms with Gasteiger partial charge >= 0.3 is 0 Å². The van der Waals surface area contributed by atoms with E-state index in [0.717, 1.165) is 16.7 Å². The standard InChI is InChI=1S/C25H24ClN3O6S2/c26-21-4-2-1-3-19(21)17-22-24(31)29(25(32)36-22)12-11-27-23(30)10-7-18-5-8-20(9-6-18)37(33,34)28-13-15-35-16-14-28/h1-10,17H,11-16H2,(H,27,30)/b10-7+,22-17+. The van der Waals surface area contributed by atoms with Crippen molar-refractivity contribution in [1.82, 2.24) is 14.5 Å². The molecule has 194 valence electrons. The quantitative estimate of drug-likeness (QED) is 0.492. The average Bonchev–Trinajstić information content (AvgIpc) is 3.17. The molecule has 2 aromatic rings. The average molecular weight is 562 g/mol. The van der Waals surface area contributed by atoms with Gasteiger partial charge in [0.25, 0.3) is 11.1 Å². The van der Waals surface area contributed by atoms with Gasteiger partial charge in [-0.3, -0.25) is 19.3 Å². The van der Waals surface area contributed by atoms with E-state index in [-0.39, 0.29) is 22.9 Å². The lowest BCUT2D eigenvalue weighted by atomic mass is 10.2. The maximum absolute atomic E-state index is 12.7. The number of carbonyl (C=O) groups is 3. The topological polar surface area (TPSA) is 113 Å². The van der Waals surface area contributed by atoms with Crippen molar-refractivity contribution in [3.05, 3.63) is 75.7 Å². The summed E-state index contributed by atoms with van der Waals surface area (Å²) in [5.74, 6) is -0.851. The van der Waals surface area contributed by atoms with Crippen molar-refractivity contribution in [3.63, 3.8) is 0 Å². The second-order valence-electron chi connectivity index (χ2n) is 8.06. The Labute approximate surface area is 224 Å². The molecule has 2 aliphatic rings. The van der Waals surface area contributed by atoms with Crippen LogP contribution in [-0.2, 0) is 24.3 Å². The number of halogens is 1. The zero-order valence-corrected chi connectivity index (χ0v) is 22.0. The van der Waals surface area contributed by atoms with Crippen LogP contribution in [0.25, 0.3) is 12.2 Å². The third-order valence-electron chi connectivity index (χ3n) is 5.62. The maximum Gasteiger partial charge on any atom is 0.293 e. The van der Waals surface area contributed by atoms with E-state index in [1.165, 1.54) is 22.5 Å². The Morgan fingerprint density at radius 2 is 1.78 bits per heavy atom. The Kier molecular flexibility index (Phi) is 8.83. The Hall–Kier alpha value is -2.96. The molecule has 3 amide bonds. The fourth-order valence-electron chi connectivity index (χ4n) is 3.63. The highest BCUT2D eigenvalue weighted by atomic mass is 35.5. The molecule has 0 radical (unpaired) electrons. The second kappa shape index (κ2) is 12.1. The molecular formula is C25H24ClN3O6S2. The van der Waals surface area contributed by atoms with Gasteiger partial charge in [-0.15, -0.1) is 0 Å². The zero-order chi connectivity index (χ0) is 26.4. The summed E-state index contributed by atoms with van der Waals surface area (Å²) >= 11 is 6.95. The van der Waals surface area contributed by atoms with Crippen LogP contribution < -0.4 is 5.32 Å². The van der Waals surface area contributed by atoms with Crippen LogP contribution in [0.1, 0.15) is 11.1 Å². The molecule has 0 atom stereocenters. The van der Waals surface area contributed by atoms with Crippen LogP contribution in [0.5, 0.6) is 0 Å². The third kappa shape index (κ3) is 6.68. The highest BCUT2D eigenvalue weighted by Gasteiger charge is 2.34. The van der Waals surface area contributed by atoms with Gasteiger partial charge in [0, 0.05) is 37.3 Å². The molecule has 0 spiro atoms. The van der Waals surface area contributed by atoms with Crippen molar-refractivity contribution < 1.29 is 27.5 Å². The largest absolute Gasteiger partial charge is 0.379 e. The Bertz CT molecular complexity index is 1350. The van der Waals surface area contributed by atoms with Crippen LogP contribution in [0.4, 0.5) is 4.79 Å². The number of rotatable bonds is 8. The van der Waals surface area contributed by atoms with Crippen molar-refractivity contribution in [3.8, 4) is 0 Å². The summed E-state index contributed by atoms with van der Waals surface area (Å²) in [6.07, 6.45) is 4.43. The van der Waals surface area contributed by atoms with Gasteiger partial charge in [0.2, 0.25) is 15.9 Å². The minimum Gasteiger partial charge on any atom is -0.379 e. The van der Waals surface area contributed by atoms with Gasteiger partial charge in [-0.25, -0.2) is 8.42 Å². The lowest BCUT2D eigenvalue weighted by molar-refractivity contribution is -0.123. The highest BCUT2D eigenvalue weighted by Crippen LogP contribution is 2.33. The van der Waals surface area contributed by atoms with Crippen LogP contribution in [0.3, 0.4) is 0 Å². The summed E-state index contributed by atoms with van der Waals surface area (Å²) in [7, 11) is -3.59. The van der Waals surface area contributed by atoms with Crippen LogP contribution in [0.15, 0.2) is 64.4 Å². The van der Waals surface area contributed by atoms with Crippen molar-refractivity contribution >= 4 is 62.6 Å². The van der Waals surface area contributed by atoms with E-state index in [9.17, 15) is 22.8 Å². The van der Waals surface area contributed by atoms with Crippen molar-refractivity contribution in [2.75, 3.05) is 39.4 Å². The van der Waals surface area contributed by atoms with Gasteiger partial charge < -0.3 is 10.1 Å². The summed E-state index contributed by atoms with van der Waals surface area (Å²) in [6, 6.07) is 13.2. The lowest BCUT2D eigenvalue weighted by Gasteiger charge is -2.26. The van der Waals surface area contributed by atoms with Gasteiger partial charge in [0.15, 0.2) is 0 Å². The number of ether oxygens (including phenoxy) is 1. The number of thioether (sulfide) groups is 1. The van der Waals surface area contributed by atoms with E-state index in [2.05, 4.69) is 5.32 Å². The van der Waals surface area contributed by atoms with Crippen molar-refractivity contribution in [2.45, 2.75) is 4.90 Å². The second-order valence-corrected chi connectivity index (χ2v) is 11.4. The van der Waals surface area contributed by atoms with Crippen LogP contribution in [0, 0.1) is 0 Å². The molecule has 0 bridgehead atoms. The van der Waals surface area contributed by atoms with Crippen LogP contribution in [0.2, 0.25) is 5.02 Å². The Balaban J connectivity index is 1.28. The molecule has 2 aliphatic heterocycles. The van der Waals surface area contributed by atoms with E-state index in [4.69, 9.17) is 16.3 Å². The summed E-state index contributed by atoms with van der Waals surface area (Å²) in [5, 5.41) is 2.69. The monoisotopic (exact) mass is 561 g/mol.